The number of hydrogen-bond acceptors (Lipinski definition) is 2. The Morgan fingerprint density at radius 2 is 2.07 bits per heavy atom. The molecule has 0 amide bonds. The minimum Gasteiger partial charge on any atom is -0.454 e. The fourth-order valence-corrected chi connectivity index (χ4v) is 1.73. The Morgan fingerprint density at radius 1 is 1.29 bits per heavy atom. The Kier molecular flexibility index (Phi) is 2.36. The smallest absolute Gasteiger partial charge is 0.231 e. The summed E-state index contributed by atoms with van der Waals surface area (Å²) in [5.41, 5.74) is 2.58. The molecule has 0 radical (unpaired) electrons. The summed E-state index contributed by atoms with van der Waals surface area (Å²) in [5.74, 6) is 2.34. The predicted molar refractivity (Wildman–Crippen MR) is 56.0 cm³/mol. The number of hydrogen-bond donors (Lipinski definition) is 0. The van der Waals surface area contributed by atoms with Crippen LogP contribution in [-0.2, 0) is 6.42 Å². The van der Waals surface area contributed by atoms with E-state index in [1.54, 1.807) is 0 Å². The van der Waals surface area contributed by atoms with Crippen LogP contribution in [0, 0.1) is 0 Å². The highest BCUT2D eigenvalue weighted by molar-refractivity contribution is 5.52. The monoisotopic (exact) mass is 192 g/mol. The normalized spacial score (nSPS) is 13.7. The standard InChI is InChI=1S/C12H16O2/c1-4-9-5-10(8(2)3)12-11(6-9)13-7-14-12/h5-6,8H,4,7H2,1-3H3. The van der Waals surface area contributed by atoms with Crippen molar-refractivity contribution in [3.8, 4) is 11.5 Å². The third-order valence-electron chi connectivity index (χ3n) is 2.59. The summed E-state index contributed by atoms with van der Waals surface area (Å²) < 4.78 is 10.9. The first-order valence-corrected chi connectivity index (χ1v) is 5.14. The van der Waals surface area contributed by atoms with Crippen molar-refractivity contribution in [2.45, 2.75) is 33.1 Å². The van der Waals surface area contributed by atoms with Gasteiger partial charge < -0.3 is 9.47 Å². The lowest BCUT2D eigenvalue weighted by Crippen LogP contribution is -1.95. The fraction of sp³-hybridized carbons (Fsp3) is 0.500. The van der Waals surface area contributed by atoms with E-state index in [0.29, 0.717) is 12.7 Å². The molecule has 0 N–H and O–H groups in total. The zero-order chi connectivity index (χ0) is 10.1. The van der Waals surface area contributed by atoms with E-state index in [2.05, 4.69) is 32.9 Å². The van der Waals surface area contributed by atoms with Gasteiger partial charge in [-0.1, -0.05) is 26.8 Å². The summed E-state index contributed by atoms with van der Waals surface area (Å²) in [6.45, 7) is 6.87. The zero-order valence-corrected chi connectivity index (χ0v) is 8.96. The molecule has 2 heteroatoms. The maximum atomic E-state index is 5.47. The molecule has 14 heavy (non-hydrogen) atoms. The highest BCUT2D eigenvalue weighted by Crippen LogP contribution is 2.40. The van der Waals surface area contributed by atoms with Crippen molar-refractivity contribution >= 4 is 0 Å². The number of aryl methyl sites for hydroxylation is 1. The van der Waals surface area contributed by atoms with E-state index in [-0.39, 0.29) is 0 Å². The van der Waals surface area contributed by atoms with Gasteiger partial charge >= 0.3 is 0 Å². The topological polar surface area (TPSA) is 18.5 Å². The van der Waals surface area contributed by atoms with Gasteiger partial charge in [0.2, 0.25) is 6.79 Å². The Labute approximate surface area is 84.8 Å². The molecule has 0 aliphatic carbocycles. The van der Waals surface area contributed by atoms with Crippen LogP contribution in [0.15, 0.2) is 12.1 Å². The van der Waals surface area contributed by atoms with Gasteiger partial charge in [0.25, 0.3) is 0 Å². The summed E-state index contributed by atoms with van der Waals surface area (Å²) in [6, 6.07) is 4.30. The quantitative estimate of drug-likeness (QED) is 0.716. The Hall–Kier alpha value is -1.18. The SMILES string of the molecule is CCc1cc2c(c(C(C)C)c1)OCO2. The molecule has 0 saturated carbocycles. The molecule has 1 aromatic carbocycles. The van der Waals surface area contributed by atoms with E-state index in [9.17, 15) is 0 Å². The number of benzene rings is 1. The van der Waals surface area contributed by atoms with Gasteiger partial charge in [-0.2, -0.15) is 0 Å². The third kappa shape index (κ3) is 1.45. The average Bonchev–Trinajstić information content (AvgIpc) is 2.63. The molecule has 2 nitrogen and oxygen atoms in total. The van der Waals surface area contributed by atoms with Crippen LogP contribution in [0.25, 0.3) is 0 Å². The largest absolute Gasteiger partial charge is 0.454 e. The molecule has 1 heterocycles. The van der Waals surface area contributed by atoms with Crippen molar-refractivity contribution < 1.29 is 9.47 Å². The van der Waals surface area contributed by atoms with Crippen LogP contribution in [0.4, 0.5) is 0 Å². The van der Waals surface area contributed by atoms with Crippen molar-refractivity contribution in [2.75, 3.05) is 6.79 Å². The zero-order valence-electron chi connectivity index (χ0n) is 8.96. The Morgan fingerprint density at radius 3 is 2.71 bits per heavy atom. The van der Waals surface area contributed by atoms with E-state index < -0.39 is 0 Å². The summed E-state index contributed by atoms with van der Waals surface area (Å²) in [6.07, 6.45) is 1.04. The van der Waals surface area contributed by atoms with Gasteiger partial charge in [-0.15, -0.1) is 0 Å². The first-order valence-electron chi connectivity index (χ1n) is 5.14. The number of fused-ring (bicyclic) bond motifs is 1. The van der Waals surface area contributed by atoms with Crippen molar-refractivity contribution in [2.24, 2.45) is 0 Å². The van der Waals surface area contributed by atoms with E-state index in [1.165, 1.54) is 11.1 Å². The van der Waals surface area contributed by atoms with E-state index in [4.69, 9.17) is 9.47 Å². The number of ether oxygens (including phenoxy) is 2. The van der Waals surface area contributed by atoms with Crippen LogP contribution >= 0.6 is 0 Å². The molecule has 0 unspecified atom stereocenters. The highest BCUT2D eigenvalue weighted by atomic mass is 16.7. The molecule has 1 aromatic rings. The van der Waals surface area contributed by atoms with E-state index in [1.807, 2.05) is 0 Å². The van der Waals surface area contributed by atoms with Gasteiger partial charge in [0.1, 0.15) is 0 Å². The molecule has 0 saturated heterocycles. The summed E-state index contributed by atoms with van der Waals surface area (Å²) >= 11 is 0. The van der Waals surface area contributed by atoms with Crippen LogP contribution in [0.5, 0.6) is 11.5 Å². The maximum absolute atomic E-state index is 5.47. The predicted octanol–water partition coefficient (Wildman–Crippen LogP) is 3.10. The number of rotatable bonds is 2. The second-order valence-electron chi connectivity index (χ2n) is 3.93. The van der Waals surface area contributed by atoms with Crippen molar-refractivity contribution in [1.82, 2.24) is 0 Å². The van der Waals surface area contributed by atoms with Gasteiger partial charge in [0, 0.05) is 5.56 Å². The van der Waals surface area contributed by atoms with E-state index >= 15 is 0 Å². The first-order chi connectivity index (χ1) is 6.72. The lowest BCUT2D eigenvalue weighted by molar-refractivity contribution is 0.173. The lowest BCUT2D eigenvalue weighted by Gasteiger charge is -2.11. The third-order valence-corrected chi connectivity index (χ3v) is 2.59. The summed E-state index contributed by atoms with van der Waals surface area (Å²) in [4.78, 5) is 0. The van der Waals surface area contributed by atoms with Crippen molar-refractivity contribution in [1.29, 1.82) is 0 Å². The van der Waals surface area contributed by atoms with Crippen LogP contribution < -0.4 is 9.47 Å². The lowest BCUT2D eigenvalue weighted by atomic mass is 9.98. The second-order valence-corrected chi connectivity index (χ2v) is 3.93. The van der Waals surface area contributed by atoms with Gasteiger partial charge in [0.15, 0.2) is 11.5 Å². The molecule has 2 rings (SSSR count). The molecular weight excluding hydrogens is 176 g/mol. The minimum atomic E-state index is 0.363. The van der Waals surface area contributed by atoms with Crippen LogP contribution in [0.1, 0.15) is 37.8 Å². The van der Waals surface area contributed by atoms with E-state index in [0.717, 1.165) is 17.9 Å². The van der Waals surface area contributed by atoms with Gasteiger partial charge in [-0.05, 0) is 24.0 Å². The fourth-order valence-electron chi connectivity index (χ4n) is 1.73. The molecule has 0 spiro atoms. The molecule has 0 atom stereocenters. The van der Waals surface area contributed by atoms with Crippen LogP contribution in [0.3, 0.4) is 0 Å². The molecule has 0 fully saturated rings. The Balaban J connectivity index is 2.52. The summed E-state index contributed by atoms with van der Waals surface area (Å²) in [7, 11) is 0. The Bertz CT molecular complexity index is 342. The van der Waals surface area contributed by atoms with Crippen LogP contribution in [-0.4, -0.2) is 6.79 Å². The van der Waals surface area contributed by atoms with Crippen molar-refractivity contribution in [3.63, 3.8) is 0 Å². The van der Waals surface area contributed by atoms with Crippen molar-refractivity contribution in [3.05, 3.63) is 23.3 Å². The molecular formula is C12H16O2. The molecule has 0 bridgehead atoms. The molecule has 1 aliphatic heterocycles. The van der Waals surface area contributed by atoms with Gasteiger partial charge in [-0.25, -0.2) is 0 Å². The molecule has 0 aromatic heterocycles. The molecule has 1 aliphatic rings. The summed E-state index contributed by atoms with van der Waals surface area (Å²) in [5, 5.41) is 0. The highest BCUT2D eigenvalue weighted by Gasteiger charge is 2.20. The second kappa shape index (κ2) is 3.52. The van der Waals surface area contributed by atoms with Gasteiger partial charge in [0.05, 0.1) is 0 Å². The average molecular weight is 192 g/mol. The van der Waals surface area contributed by atoms with Gasteiger partial charge in [-0.3, -0.25) is 0 Å². The molecule has 76 valence electrons. The minimum absolute atomic E-state index is 0.363. The first kappa shape index (κ1) is 9.38. The van der Waals surface area contributed by atoms with Crippen LogP contribution in [0.2, 0.25) is 0 Å². The maximum Gasteiger partial charge on any atom is 0.231 e.